The third kappa shape index (κ3) is 5.85. The average molecular weight is 247 g/mol. The summed E-state index contributed by atoms with van der Waals surface area (Å²) in [6, 6.07) is 0.555. The highest BCUT2D eigenvalue weighted by Crippen LogP contribution is 2.16. The van der Waals surface area contributed by atoms with Crippen LogP contribution in [0.15, 0.2) is 0 Å². The number of hydrogen-bond donors (Lipinski definition) is 1. The highest BCUT2D eigenvalue weighted by molar-refractivity contribution is 7.91. The first-order valence-electron chi connectivity index (χ1n) is 6.58. The molecule has 0 aromatic carbocycles. The molecule has 1 rings (SSSR count). The van der Waals surface area contributed by atoms with Crippen molar-refractivity contribution in [2.24, 2.45) is 0 Å². The summed E-state index contributed by atoms with van der Waals surface area (Å²) in [5.74, 6) is 0.636. The van der Waals surface area contributed by atoms with Crippen molar-refractivity contribution in [1.82, 2.24) is 5.32 Å². The molecule has 0 radical (unpaired) electrons. The zero-order valence-electron chi connectivity index (χ0n) is 10.4. The summed E-state index contributed by atoms with van der Waals surface area (Å²) >= 11 is 0. The van der Waals surface area contributed by atoms with E-state index in [-0.39, 0.29) is 0 Å². The smallest absolute Gasteiger partial charge is 0.151 e. The van der Waals surface area contributed by atoms with Gasteiger partial charge in [-0.05, 0) is 19.3 Å². The van der Waals surface area contributed by atoms with Gasteiger partial charge in [0.05, 0.1) is 5.75 Å². The van der Waals surface area contributed by atoms with Crippen LogP contribution in [-0.4, -0.2) is 32.5 Å². The standard InChI is InChI=1S/C12H25NO2S/c1-2-10-16(14,15)11-9-13-12-7-5-3-4-6-8-12/h12-13H,2-11H2,1H3. The minimum absolute atomic E-state index is 0.303. The van der Waals surface area contributed by atoms with E-state index >= 15 is 0 Å². The summed E-state index contributed by atoms with van der Waals surface area (Å²) in [5, 5.41) is 3.40. The van der Waals surface area contributed by atoms with E-state index in [4.69, 9.17) is 0 Å². The van der Waals surface area contributed by atoms with Gasteiger partial charge in [0.2, 0.25) is 0 Å². The minimum atomic E-state index is -2.80. The summed E-state index contributed by atoms with van der Waals surface area (Å²) in [6.45, 7) is 2.54. The van der Waals surface area contributed by atoms with Gasteiger partial charge in [0.15, 0.2) is 9.84 Å². The molecule has 0 unspecified atom stereocenters. The number of sulfone groups is 1. The second-order valence-corrected chi connectivity index (χ2v) is 7.10. The molecule has 0 amide bonds. The molecule has 1 saturated carbocycles. The Morgan fingerprint density at radius 1 is 1.06 bits per heavy atom. The van der Waals surface area contributed by atoms with Crippen LogP contribution in [0, 0.1) is 0 Å². The fraction of sp³-hybridized carbons (Fsp3) is 1.00. The molecule has 1 aliphatic carbocycles. The van der Waals surface area contributed by atoms with Crippen LogP contribution in [-0.2, 0) is 9.84 Å². The van der Waals surface area contributed by atoms with Crippen LogP contribution in [0.4, 0.5) is 0 Å². The maximum absolute atomic E-state index is 11.5. The lowest BCUT2D eigenvalue weighted by Gasteiger charge is -2.15. The van der Waals surface area contributed by atoms with Crippen LogP contribution >= 0.6 is 0 Å². The SMILES string of the molecule is CCCS(=O)(=O)CCNC1CCCCCC1. The number of nitrogens with one attached hydrogen (secondary N) is 1. The summed E-state index contributed by atoms with van der Waals surface area (Å²) < 4.78 is 23.0. The third-order valence-electron chi connectivity index (χ3n) is 3.22. The van der Waals surface area contributed by atoms with Crippen molar-refractivity contribution in [2.75, 3.05) is 18.1 Å². The quantitative estimate of drug-likeness (QED) is 0.731. The van der Waals surface area contributed by atoms with Crippen molar-refractivity contribution < 1.29 is 8.42 Å². The Labute approximate surface area is 99.9 Å². The van der Waals surface area contributed by atoms with E-state index in [0.29, 0.717) is 24.1 Å². The fourth-order valence-corrected chi connectivity index (χ4v) is 3.57. The summed E-state index contributed by atoms with van der Waals surface area (Å²) in [7, 11) is -2.80. The second-order valence-electron chi connectivity index (χ2n) is 4.79. The van der Waals surface area contributed by atoms with E-state index < -0.39 is 9.84 Å². The Bertz CT molecular complexity index is 267. The third-order valence-corrected chi connectivity index (χ3v) is 5.07. The van der Waals surface area contributed by atoms with Crippen molar-refractivity contribution in [3.63, 3.8) is 0 Å². The molecule has 0 aliphatic heterocycles. The van der Waals surface area contributed by atoms with E-state index in [9.17, 15) is 8.42 Å². The lowest BCUT2D eigenvalue weighted by molar-refractivity contribution is 0.471. The van der Waals surface area contributed by atoms with Gasteiger partial charge in [0, 0.05) is 18.3 Å². The van der Waals surface area contributed by atoms with Crippen LogP contribution in [0.2, 0.25) is 0 Å². The second kappa shape index (κ2) is 7.28. The molecule has 96 valence electrons. The fourth-order valence-electron chi connectivity index (χ4n) is 2.32. The van der Waals surface area contributed by atoms with E-state index in [0.717, 1.165) is 6.42 Å². The average Bonchev–Trinajstić information content (AvgIpc) is 2.46. The van der Waals surface area contributed by atoms with Gasteiger partial charge in [0.25, 0.3) is 0 Å². The Morgan fingerprint density at radius 2 is 1.69 bits per heavy atom. The van der Waals surface area contributed by atoms with Crippen LogP contribution in [0.25, 0.3) is 0 Å². The van der Waals surface area contributed by atoms with Crippen molar-refractivity contribution in [2.45, 2.75) is 57.9 Å². The molecule has 0 bridgehead atoms. The summed E-state index contributed by atoms with van der Waals surface area (Å²) in [5.41, 5.74) is 0. The van der Waals surface area contributed by atoms with Crippen molar-refractivity contribution in [3.05, 3.63) is 0 Å². The lowest BCUT2D eigenvalue weighted by atomic mass is 10.1. The molecule has 0 aromatic rings. The van der Waals surface area contributed by atoms with Gasteiger partial charge in [-0.2, -0.15) is 0 Å². The molecule has 16 heavy (non-hydrogen) atoms. The van der Waals surface area contributed by atoms with Crippen molar-refractivity contribution in [1.29, 1.82) is 0 Å². The highest BCUT2D eigenvalue weighted by atomic mass is 32.2. The topological polar surface area (TPSA) is 46.2 Å². The Balaban J connectivity index is 2.18. The first-order chi connectivity index (χ1) is 7.64. The van der Waals surface area contributed by atoms with E-state index in [1.807, 2.05) is 6.92 Å². The monoisotopic (exact) mass is 247 g/mol. The Morgan fingerprint density at radius 3 is 2.25 bits per heavy atom. The predicted molar refractivity (Wildman–Crippen MR) is 68.4 cm³/mol. The molecule has 0 saturated heterocycles. The van der Waals surface area contributed by atoms with Gasteiger partial charge in [-0.3, -0.25) is 0 Å². The van der Waals surface area contributed by atoms with Gasteiger partial charge in [0.1, 0.15) is 0 Å². The van der Waals surface area contributed by atoms with Gasteiger partial charge in [-0.25, -0.2) is 8.42 Å². The lowest BCUT2D eigenvalue weighted by Crippen LogP contribution is -2.33. The van der Waals surface area contributed by atoms with Crippen LogP contribution in [0.1, 0.15) is 51.9 Å². The van der Waals surface area contributed by atoms with E-state index in [1.54, 1.807) is 0 Å². The molecule has 1 N–H and O–H groups in total. The maximum atomic E-state index is 11.5. The van der Waals surface area contributed by atoms with Crippen molar-refractivity contribution in [3.8, 4) is 0 Å². The van der Waals surface area contributed by atoms with Gasteiger partial charge in [-0.1, -0.05) is 32.6 Å². The molecule has 4 heteroatoms. The van der Waals surface area contributed by atoms with Crippen molar-refractivity contribution >= 4 is 9.84 Å². The molecule has 3 nitrogen and oxygen atoms in total. The molecule has 1 fully saturated rings. The number of hydrogen-bond acceptors (Lipinski definition) is 3. The summed E-state index contributed by atoms with van der Waals surface area (Å²) in [4.78, 5) is 0. The van der Waals surface area contributed by atoms with E-state index in [2.05, 4.69) is 5.32 Å². The highest BCUT2D eigenvalue weighted by Gasteiger charge is 2.13. The largest absolute Gasteiger partial charge is 0.313 e. The van der Waals surface area contributed by atoms with Crippen LogP contribution in [0.5, 0.6) is 0 Å². The molecular formula is C12H25NO2S. The van der Waals surface area contributed by atoms with E-state index in [1.165, 1.54) is 38.5 Å². The molecule has 0 spiro atoms. The Kier molecular flexibility index (Phi) is 6.36. The molecule has 0 aromatic heterocycles. The normalized spacial score (nSPS) is 19.6. The number of rotatable bonds is 6. The minimum Gasteiger partial charge on any atom is -0.313 e. The molecule has 0 heterocycles. The van der Waals surface area contributed by atoms with Gasteiger partial charge >= 0.3 is 0 Å². The zero-order chi connectivity index (χ0) is 11.9. The Hall–Kier alpha value is -0.0900. The molecular weight excluding hydrogens is 222 g/mol. The first-order valence-corrected chi connectivity index (χ1v) is 8.40. The molecule has 1 aliphatic rings. The first kappa shape index (κ1) is 14.0. The predicted octanol–water partition coefficient (Wildman–Crippen LogP) is 2.12. The maximum Gasteiger partial charge on any atom is 0.151 e. The van der Waals surface area contributed by atoms with Crippen LogP contribution in [0.3, 0.4) is 0 Å². The molecule has 0 atom stereocenters. The van der Waals surface area contributed by atoms with Gasteiger partial charge in [-0.15, -0.1) is 0 Å². The van der Waals surface area contributed by atoms with Gasteiger partial charge < -0.3 is 5.32 Å². The zero-order valence-corrected chi connectivity index (χ0v) is 11.2. The summed E-state index contributed by atoms with van der Waals surface area (Å²) in [6.07, 6.45) is 8.42. The van der Waals surface area contributed by atoms with Crippen LogP contribution < -0.4 is 5.32 Å².